The molecule has 0 radical (unpaired) electrons. The Balaban J connectivity index is 2.53. The van der Waals surface area contributed by atoms with Crippen molar-refractivity contribution in [3.05, 3.63) is 35.4 Å². The van der Waals surface area contributed by atoms with Crippen molar-refractivity contribution >= 4 is 16.7 Å². The molecule has 0 aliphatic heterocycles. The van der Waals surface area contributed by atoms with Gasteiger partial charge in [0.05, 0.1) is 6.10 Å². The number of aliphatic hydroxyl groups is 1. The molecule has 1 aromatic carbocycles. The van der Waals surface area contributed by atoms with Gasteiger partial charge in [-0.1, -0.05) is 26.0 Å². The predicted octanol–water partition coefficient (Wildman–Crippen LogP) is 1.70. The highest BCUT2D eigenvalue weighted by molar-refractivity contribution is 7.83. The summed E-state index contributed by atoms with van der Waals surface area (Å²) < 4.78 is 11.2. The van der Waals surface area contributed by atoms with Gasteiger partial charge in [0.2, 0.25) is 0 Å². The molecule has 0 saturated heterocycles. The van der Waals surface area contributed by atoms with Crippen LogP contribution in [0.5, 0.6) is 0 Å². The Hall–Kier alpha value is -1.20. The van der Waals surface area contributed by atoms with Crippen molar-refractivity contribution in [1.82, 2.24) is 5.32 Å². The highest BCUT2D eigenvalue weighted by Crippen LogP contribution is 2.08. The quantitative estimate of drug-likeness (QED) is 0.805. The molecule has 2 N–H and O–H groups in total. The fourth-order valence-corrected chi connectivity index (χ4v) is 2.46. The molecule has 0 bridgehead atoms. The maximum Gasteiger partial charge on any atom is 0.251 e. The number of nitrogens with one attached hydrogen (secondary N) is 1. The van der Waals surface area contributed by atoms with Crippen LogP contribution in [0.4, 0.5) is 0 Å². The minimum absolute atomic E-state index is 0.162. The first-order valence-electron chi connectivity index (χ1n) is 6.75. The van der Waals surface area contributed by atoms with Crippen LogP contribution in [-0.2, 0) is 16.6 Å². The molecule has 0 aliphatic carbocycles. The van der Waals surface area contributed by atoms with E-state index in [1.54, 1.807) is 24.5 Å². The third-order valence-corrected chi connectivity index (χ3v) is 3.79. The van der Waals surface area contributed by atoms with E-state index in [-0.39, 0.29) is 11.8 Å². The Kier molecular flexibility index (Phi) is 6.88. The normalized spacial score (nSPS) is 14.1. The topological polar surface area (TPSA) is 66.4 Å². The maximum absolute atomic E-state index is 12.0. The average Bonchev–Trinajstić information content (AvgIpc) is 2.37. The Bertz CT molecular complexity index is 474. The fraction of sp³-hybridized carbons (Fsp3) is 0.533. The number of rotatable bonds is 7. The molecule has 112 valence electrons. The van der Waals surface area contributed by atoms with Gasteiger partial charge in [-0.3, -0.25) is 9.00 Å². The van der Waals surface area contributed by atoms with E-state index in [1.165, 1.54) is 0 Å². The SMILES string of the molecule is CC(C)C(O)CCNC(=O)c1cccc(CS(C)=O)c1. The van der Waals surface area contributed by atoms with Gasteiger partial charge in [0, 0.05) is 34.9 Å². The molecule has 0 saturated carbocycles. The molecule has 2 atom stereocenters. The van der Waals surface area contributed by atoms with E-state index in [0.29, 0.717) is 24.3 Å². The third-order valence-electron chi connectivity index (χ3n) is 3.05. The van der Waals surface area contributed by atoms with E-state index in [4.69, 9.17) is 0 Å². The average molecular weight is 297 g/mol. The van der Waals surface area contributed by atoms with E-state index in [1.807, 2.05) is 19.9 Å². The van der Waals surface area contributed by atoms with Crippen LogP contribution in [0.2, 0.25) is 0 Å². The lowest BCUT2D eigenvalue weighted by Gasteiger charge is -2.14. The van der Waals surface area contributed by atoms with Crippen molar-refractivity contribution in [1.29, 1.82) is 0 Å². The summed E-state index contributed by atoms with van der Waals surface area (Å²) in [6, 6.07) is 7.15. The number of hydrogen-bond donors (Lipinski definition) is 2. The van der Waals surface area contributed by atoms with Gasteiger partial charge in [-0.15, -0.1) is 0 Å². The molecule has 0 spiro atoms. The van der Waals surface area contributed by atoms with Crippen molar-refractivity contribution in [2.45, 2.75) is 32.1 Å². The Morgan fingerprint density at radius 3 is 2.70 bits per heavy atom. The molecular weight excluding hydrogens is 274 g/mol. The van der Waals surface area contributed by atoms with E-state index in [9.17, 15) is 14.1 Å². The minimum Gasteiger partial charge on any atom is -0.393 e. The van der Waals surface area contributed by atoms with E-state index >= 15 is 0 Å². The van der Waals surface area contributed by atoms with Crippen LogP contribution in [0, 0.1) is 5.92 Å². The standard InChI is InChI=1S/C15H23NO3S/c1-11(2)14(17)7-8-16-15(18)13-6-4-5-12(9-13)10-20(3)19/h4-6,9,11,14,17H,7-8,10H2,1-3H3,(H,16,18). The van der Waals surface area contributed by atoms with Gasteiger partial charge in [-0.05, 0) is 30.0 Å². The molecule has 1 aromatic rings. The third kappa shape index (κ3) is 5.84. The van der Waals surface area contributed by atoms with Crippen molar-refractivity contribution in [2.75, 3.05) is 12.8 Å². The molecule has 0 aliphatic rings. The number of carbonyl (C=O) groups excluding carboxylic acids is 1. The lowest BCUT2D eigenvalue weighted by molar-refractivity contribution is 0.0920. The summed E-state index contributed by atoms with van der Waals surface area (Å²) >= 11 is 0. The first-order chi connectivity index (χ1) is 9.40. The Labute approximate surface area is 123 Å². The smallest absolute Gasteiger partial charge is 0.251 e. The number of benzene rings is 1. The second kappa shape index (κ2) is 8.17. The van der Waals surface area contributed by atoms with Crippen LogP contribution >= 0.6 is 0 Å². The molecule has 0 fully saturated rings. The number of carbonyl (C=O) groups is 1. The van der Waals surface area contributed by atoms with Crippen molar-refractivity contribution in [3.8, 4) is 0 Å². The summed E-state index contributed by atoms with van der Waals surface area (Å²) in [4.78, 5) is 12.0. The molecule has 4 nitrogen and oxygen atoms in total. The lowest BCUT2D eigenvalue weighted by atomic mass is 10.0. The zero-order valence-corrected chi connectivity index (χ0v) is 13.1. The first kappa shape index (κ1) is 16.9. The first-order valence-corrected chi connectivity index (χ1v) is 8.48. The molecule has 1 amide bonds. The molecule has 5 heteroatoms. The highest BCUT2D eigenvalue weighted by Gasteiger charge is 2.10. The minimum atomic E-state index is -0.920. The fourth-order valence-electron chi connectivity index (χ4n) is 1.81. The Morgan fingerprint density at radius 1 is 1.40 bits per heavy atom. The van der Waals surface area contributed by atoms with Gasteiger partial charge in [0.25, 0.3) is 5.91 Å². The second-order valence-electron chi connectivity index (χ2n) is 5.27. The van der Waals surface area contributed by atoms with Crippen molar-refractivity contribution in [3.63, 3.8) is 0 Å². The van der Waals surface area contributed by atoms with E-state index in [0.717, 1.165) is 5.56 Å². The van der Waals surface area contributed by atoms with Gasteiger partial charge in [-0.2, -0.15) is 0 Å². The number of amides is 1. The molecule has 20 heavy (non-hydrogen) atoms. The summed E-state index contributed by atoms with van der Waals surface area (Å²) in [7, 11) is -0.920. The molecular formula is C15H23NO3S. The van der Waals surface area contributed by atoms with Gasteiger partial charge < -0.3 is 10.4 Å². The van der Waals surface area contributed by atoms with Gasteiger partial charge in [-0.25, -0.2) is 0 Å². The summed E-state index contributed by atoms with van der Waals surface area (Å²) in [5.41, 5.74) is 1.45. The van der Waals surface area contributed by atoms with Crippen LogP contribution in [0.1, 0.15) is 36.2 Å². The summed E-state index contributed by atoms with van der Waals surface area (Å²) in [6.45, 7) is 4.34. The van der Waals surface area contributed by atoms with Crippen LogP contribution in [-0.4, -0.2) is 34.1 Å². The molecule has 0 aromatic heterocycles. The zero-order valence-electron chi connectivity index (χ0n) is 12.3. The zero-order chi connectivity index (χ0) is 15.1. The predicted molar refractivity (Wildman–Crippen MR) is 82.0 cm³/mol. The maximum atomic E-state index is 12.0. The lowest BCUT2D eigenvalue weighted by Crippen LogP contribution is -2.28. The summed E-state index contributed by atoms with van der Waals surface area (Å²) in [5.74, 6) is 0.479. The monoisotopic (exact) mass is 297 g/mol. The van der Waals surface area contributed by atoms with Crippen molar-refractivity contribution in [2.24, 2.45) is 5.92 Å². The van der Waals surface area contributed by atoms with Crippen molar-refractivity contribution < 1.29 is 14.1 Å². The molecule has 2 unspecified atom stereocenters. The number of aliphatic hydroxyl groups excluding tert-OH is 1. The van der Waals surface area contributed by atoms with Gasteiger partial charge >= 0.3 is 0 Å². The van der Waals surface area contributed by atoms with Crippen LogP contribution < -0.4 is 5.32 Å². The number of hydrogen-bond acceptors (Lipinski definition) is 3. The van der Waals surface area contributed by atoms with E-state index in [2.05, 4.69) is 5.32 Å². The van der Waals surface area contributed by atoms with Crippen LogP contribution in [0.15, 0.2) is 24.3 Å². The van der Waals surface area contributed by atoms with Crippen LogP contribution in [0.25, 0.3) is 0 Å². The molecule has 0 heterocycles. The largest absolute Gasteiger partial charge is 0.393 e. The van der Waals surface area contributed by atoms with Gasteiger partial charge in [0.15, 0.2) is 0 Å². The highest BCUT2D eigenvalue weighted by atomic mass is 32.2. The van der Waals surface area contributed by atoms with Gasteiger partial charge in [0.1, 0.15) is 0 Å². The van der Waals surface area contributed by atoms with Crippen LogP contribution in [0.3, 0.4) is 0 Å². The second-order valence-corrected chi connectivity index (χ2v) is 6.71. The van der Waals surface area contributed by atoms with E-state index < -0.39 is 16.9 Å². The summed E-state index contributed by atoms with van der Waals surface area (Å²) in [6.07, 6.45) is 1.78. The summed E-state index contributed by atoms with van der Waals surface area (Å²) in [5, 5.41) is 12.5. The molecule has 1 rings (SSSR count). The Morgan fingerprint density at radius 2 is 2.10 bits per heavy atom.